The summed E-state index contributed by atoms with van der Waals surface area (Å²) in [5.41, 5.74) is 7.36. The topological polar surface area (TPSA) is 35.2 Å². The van der Waals surface area contributed by atoms with Crippen LogP contribution in [0.4, 0.5) is 4.39 Å². The van der Waals surface area contributed by atoms with Crippen molar-refractivity contribution in [3.8, 4) is 5.75 Å². The largest absolute Gasteiger partial charge is 0.496 e. The van der Waals surface area contributed by atoms with Crippen LogP contribution in [0.15, 0.2) is 18.2 Å². The first-order valence-electron chi connectivity index (χ1n) is 8.40. The maximum atomic E-state index is 13.7. The van der Waals surface area contributed by atoms with Crippen LogP contribution in [0.1, 0.15) is 57.9 Å². The summed E-state index contributed by atoms with van der Waals surface area (Å²) in [5, 5.41) is 0. The highest BCUT2D eigenvalue weighted by atomic mass is 19.1. The molecule has 3 heteroatoms. The third kappa shape index (κ3) is 3.81. The van der Waals surface area contributed by atoms with Gasteiger partial charge < -0.3 is 10.5 Å². The van der Waals surface area contributed by atoms with E-state index in [-0.39, 0.29) is 11.7 Å². The minimum absolute atomic E-state index is 0.187. The fourth-order valence-electron chi connectivity index (χ4n) is 3.96. The molecular weight excluding hydrogens is 277 g/mol. The van der Waals surface area contributed by atoms with E-state index in [1.165, 1.54) is 31.7 Å². The van der Waals surface area contributed by atoms with Crippen molar-refractivity contribution in [2.75, 3.05) is 13.7 Å². The van der Waals surface area contributed by atoms with Crippen LogP contribution >= 0.6 is 0 Å². The Bertz CT molecular complexity index is 487. The highest BCUT2D eigenvalue weighted by Gasteiger charge is 2.33. The van der Waals surface area contributed by atoms with Gasteiger partial charge in [-0.2, -0.15) is 0 Å². The first-order chi connectivity index (χ1) is 10.4. The van der Waals surface area contributed by atoms with E-state index < -0.39 is 0 Å². The van der Waals surface area contributed by atoms with E-state index in [0.29, 0.717) is 17.9 Å². The van der Waals surface area contributed by atoms with Gasteiger partial charge in [-0.05, 0) is 67.7 Å². The van der Waals surface area contributed by atoms with Gasteiger partial charge in [-0.1, -0.05) is 20.8 Å². The van der Waals surface area contributed by atoms with E-state index in [0.717, 1.165) is 17.2 Å². The molecule has 0 radical (unpaired) electrons. The van der Waals surface area contributed by atoms with E-state index in [1.807, 2.05) is 0 Å². The summed E-state index contributed by atoms with van der Waals surface area (Å²) in [6, 6.07) is 4.77. The Balaban J connectivity index is 2.15. The molecule has 0 heterocycles. The van der Waals surface area contributed by atoms with Crippen molar-refractivity contribution in [1.29, 1.82) is 0 Å². The quantitative estimate of drug-likeness (QED) is 0.873. The summed E-state index contributed by atoms with van der Waals surface area (Å²) in [7, 11) is 1.64. The second-order valence-electron chi connectivity index (χ2n) is 7.71. The van der Waals surface area contributed by atoms with E-state index in [9.17, 15) is 4.39 Å². The Hall–Kier alpha value is -1.09. The van der Waals surface area contributed by atoms with E-state index in [4.69, 9.17) is 10.5 Å². The molecule has 0 bridgehead atoms. The Morgan fingerprint density at radius 2 is 1.86 bits per heavy atom. The number of nitrogens with two attached hydrogens (primary N) is 1. The predicted molar refractivity (Wildman–Crippen MR) is 89.7 cm³/mol. The van der Waals surface area contributed by atoms with Crippen LogP contribution < -0.4 is 10.5 Å². The Morgan fingerprint density at radius 1 is 1.23 bits per heavy atom. The SMILES string of the molecule is COc1ccc(F)cc1C(CN)C1CCC(C(C)(C)C)CC1. The van der Waals surface area contributed by atoms with Gasteiger partial charge in [0.15, 0.2) is 0 Å². The normalized spacial score (nSPS) is 24.1. The average Bonchev–Trinajstić information content (AvgIpc) is 2.48. The molecule has 0 aromatic heterocycles. The van der Waals surface area contributed by atoms with Crippen molar-refractivity contribution in [2.45, 2.75) is 52.4 Å². The molecule has 22 heavy (non-hydrogen) atoms. The molecular formula is C19H30FNO. The molecule has 1 aromatic rings. The van der Waals surface area contributed by atoms with Crippen molar-refractivity contribution in [3.63, 3.8) is 0 Å². The van der Waals surface area contributed by atoms with Gasteiger partial charge in [0.2, 0.25) is 0 Å². The maximum Gasteiger partial charge on any atom is 0.123 e. The van der Waals surface area contributed by atoms with Gasteiger partial charge in [-0.25, -0.2) is 4.39 Å². The van der Waals surface area contributed by atoms with Gasteiger partial charge in [-0.3, -0.25) is 0 Å². The molecule has 1 aliphatic carbocycles. The lowest BCUT2D eigenvalue weighted by molar-refractivity contribution is 0.139. The summed E-state index contributed by atoms with van der Waals surface area (Å²) in [4.78, 5) is 0. The van der Waals surface area contributed by atoms with Gasteiger partial charge in [0, 0.05) is 11.5 Å². The van der Waals surface area contributed by atoms with Crippen LogP contribution in [0.5, 0.6) is 5.75 Å². The molecule has 0 aliphatic heterocycles. The molecule has 1 fully saturated rings. The number of hydrogen-bond donors (Lipinski definition) is 1. The highest BCUT2D eigenvalue weighted by molar-refractivity contribution is 5.37. The van der Waals surface area contributed by atoms with Crippen LogP contribution in [0.25, 0.3) is 0 Å². The van der Waals surface area contributed by atoms with Gasteiger partial charge in [-0.15, -0.1) is 0 Å². The van der Waals surface area contributed by atoms with E-state index >= 15 is 0 Å². The van der Waals surface area contributed by atoms with Crippen LogP contribution in [-0.2, 0) is 0 Å². The molecule has 2 nitrogen and oxygen atoms in total. The summed E-state index contributed by atoms with van der Waals surface area (Å²) in [5.74, 6) is 2.04. The zero-order valence-electron chi connectivity index (χ0n) is 14.4. The number of halogens is 1. The van der Waals surface area contributed by atoms with Crippen LogP contribution in [0.2, 0.25) is 0 Å². The zero-order valence-corrected chi connectivity index (χ0v) is 14.4. The molecule has 1 atom stereocenters. The van der Waals surface area contributed by atoms with Crippen molar-refractivity contribution < 1.29 is 9.13 Å². The smallest absolute Gasteiger partial charge is 0.123 e. The standard InChI is InChI=1S/C19H30FNO/c1-19(2,3)14-7-5-13(6-8-14)17(12-21)16-11-15(20)9-10-18(16)22-4/h9-11,13-14,17H,5-8,12,21H2,1-4H3. The first kappa shape index (κ1) is 17.3. The summed E-state index contributed by atoms with van der Waals surface area (Å²) in [6.45, 7) is 7.53. The molecule has 0 saturated heterocycles. The maximum absolute atomic E-state index is 13.7. The Kier molecular flexibility index (Phi) is 5.49. The third-order valence-electron chi connectivity index (χ3n) is 5.41. The Labute approximate surface area is 134 Å². The molecule has 1 aliphatic rings. The van der Waals surface area contributed by atoms with Gasteiger partial charge in [0.25, 0.3) is 0 Å². The first-order valence-corrected chi connectivity index (χ1v) is 8.40. The van der Waals surface area contributed by atoms with Gasteiger partial charge in [0.1, 0.15) is 11.6 Å². The van der Waals surface area contributed by atoms with Crippen LogP contribution in [-0.4, -0.2) is 13.7 Å². The van der Waals surface area contributed by atoms with E-state index in [1.54, 1.807) is 19.2 Å². The predicted octanol–water partition coefficient (Wildman–Crippen LogP) is 4.73. The molecule has 0 amide bonds. The number of ether oxygens (including phenoxy) is 1. The second kappa shape index (κ2) is 6.99. The van der Waals surface area contributed by atoms with Crippen molar-refractivity contribution in [2.24, 2.45) is 23.0 Å². The highest BCUT2D eigenvalue weighted by Crippen LogP contribution is 2.45. The van der Waals surface area contributed by atoms with Gasteiger partial charge >= 0.3 is 0 Å². The van der Waals surface area contributed by atoms with E-state index in [2.05, 4.69) is 20.8 Å². The molecule has 1 saturated carbocycles. The lowest BCUT2D eigenvalue weighted by Gasteiger charge is -2.39. The fraction of sp³-hybridized carbons (Fsp3) is 0.684. The average molecular weight is 307 g/mol. The molecule has 2 rings (SSSR count). The van der Waals surface area contributed by atoms with Crippen molar-refractivity contribution in [1.82, 2.24) is 0 Å². The summed E-state index contributed by atoms with van der Waals surface area (Å²) < 4.78 is 19.1. The minimum Gasteiger partial charge on any atom is -0.496 e. The lowest BCUT2D eigenvalue weighted by atomic mass is 9.66. The molecule has 0 spiro atoms. The molecule has 1 unspecified atom stereocenters. The number of benzene rings is 1. The minimum atomic E-state index is -0.211. The summed E-state index contributed by atoms with van der Waals surface area (Å²) in [6.07, 6.45) is 4.82. The number of methoxy groups -OCH3 is 1. The van der Waals surface area contributed by atoms with Crippen molar-refractivity contribution in [3.05, 3.63) is 29.6 Å². The fourth-order valence-corrected chi connectivity index (χ4v) is 3.96. The molecule has 1 aromatic carbocycles. The lowest BCUT2D eigenvalue weighted by Crippen LogP contribution is -2.30. The molecule has 124 valence electrons. The van der Waals surface area contributed by atoms with Gasteiger partial charge in [0.05, 0.1) is 7.11 Å². The second-order valence-corrected chi connectivity index (χ2v) is 7.71. The monoisotopic (exact) mass is 307 g/mol. The third-order valence-corrected chi connectivity index (χ3v) is 5.41. The Morgan fingerprint density at radius 3 is 2.36 bits per heavy atom. The molecule has 2 N–H and O–H groups in total. The zero-order chi connectivity index (χ0) is 16.3. The number of hydrogen-bond acceptors (Lipinski definition) is 2. The number of rotatable bonds is 4. The summed E-state index contributed by atoms with van der Waals surface area (Å²) >= 11 is 0. The van der Waals surface area contributed by atoms with Crippen molar-refractivity contribution >= 4 is 0 Å². The van der Waals surface area contributed by atoms with Crippen LogP contribution in [0.3, 0.4) is 0 Å². The van der Waals surface area contributed by atoms with Crippen LogP contribution in [0, 0.1) is 23.1 Å².